The number of hydrogen-bond acceptors (Lipinski definition) is 3. The Morgan fingerprint density at radius 3 is 2.89 bits per heavy atom. The lowest BCUT2D eigenvalue weighted by molar-refractivity contribution is 0.303. The van der Waals surface area contributed by atoms with Gasteiger partial charge in [-0.2, -0.15) is 5.10 Å². The molecule has 0 radical (unpaired) electrons. The summed E-state index contributed by atoms with van der Waals surface area (Å²) < 4.78 is 7.54. The molecule has 1 heterocycles. The minimum Gasteiger partial charge on any atom is -0.490 e. The Kier molecular flexibility index (Phi) is 2.80. The Morgan fingerprint density at radius 2 is 2.22 bits per heavy atom. The van der Waals surface area contributed by atoms with E-state index in [0.29, 0.717) is 6.10 Å². The van der Waals surface area contributed by atoms with E-state index in [1.807, 2.05) is 37.5 Å². The highest BCUT2D eigenvalue weighted by Gasteiger charge is 2.23. The molecule has 0 spiro atoms. The lowest BCUT2D eigenvalue weighted by Gasteiger charge is -2.12. The maximum atomic E-state index is 6.24. The van der Waals surface area contributed by atoms with E-state index in [1.54, 1.807) is 10.9 Å². The third kappa shape index (κ3) is 2.38. The SMILES string of the molecule is Cn1cc(C(N)c2cccc(OC3CC3)c2)cn1. The number of nitrogens with zero attached hydrogens (tertiary/aromatic N) is 2. The van der Waals surface area contributed by atoms with E-state index < -0.39 is 0 Å². The zero-order valence-electron chi connectivity index (χ0n) is 10.4. The van der Waals surface area contributed by atoms with Crippen LogP contribution >= 0.6 is 0 Å². The highest BCUT2D eigenvalue weighted by atomic mass is 16.5. The van der Waals surface area contributed by atoms with Crippen LogP contribution in [0.15, 0.2) is 36.7 Å². The Balaban J connectivity index is 1.81. The van der Waals surface area contributed by atoms with Gasteiger partial charge in [0.15, 0.2) is 0 Å². The molecule has 1 aromatic carbocycles. The summed E-state index contributed by atoms with van der Waals surface area (Å²) in [4.78, 5) is 0. The Hall–Kier alpha value is -1.81. The zero-order valence-corrected chi connectivity index (χ0v) is 10.4. The molecule has 0 amide bonds. The average Bonchev–Trinajstić information content (AvgIpc) is 3.08. The fourth-order valence-corrected chi connectivity index (χ4v) is 1.95. The molecule has 1 atom stereocenters. The maximum absolute atomic E-state index is 6.24. The van der Waals surface area contributed by atoms with Crippen molar-refractivity contribution in [2.24, 2.45) is 12.8 Å². The molecule has 94 valence electrons. The molecule has 18 heavy (non-hydrogen) atoms. The van der Waals surface area contributed by atoms with E-state index in [9.17, 15) is 0 Å². The van der Waals surface area contributed by atoms with Gasteiger partial charge in [0.25, 0.3) is 0 Å². The quantitative estimate of drug-likeness (QED) is 0.893. The van der Waals surface area contributed by atoms with E-state index >= 15 is 0 Å². The van der Waals surface area contributed by atoms with Gasteiger partial charge in [-0.1, -0.05) is 12.1 Å². The van der Waals surface area contributed by atoms with Crippen molar-refractivity contribution in [1.29, 1.82) is 0 Å². The molecule has 1 saturated carbocycles. The van der Waals surface area contributed by atoms with Crippen LogP contribution in [0.25, 0.3) is 0 Å². The number of rotatable bonds is 4. The van der Waals surface area contributed by atoms with Gasteiger partial charge in [-0.15, -0.1) is 0 Å². The zero-order chi connectivity index (χ0) is 12.5. The van der Waals surface area contributed by atoms with Crippen LogP contribution in [0.5, 0.6) is 5.75 Å². The maximum Gasteiger partial charge on any atom is 0.120 e. The summed E-state index contributed by atoms with van der Waals surface area (Å²) in [6.07, 6.45) is 6.49. The molecule has 1 aromatic heterocycles. The lowest BCUT2D eigenvalue weighted by Crippen LogP contribution is -2.11. The van der Waals surface area contributed by atoms with Gasteiger partial charge in [0.05, 0.1) is 18.3 Å². The second-order valence-corrected chi connectivity index (χ2v) is 4.81. The first-order valence-electron chi connectivity index (χ1n) is 6.23. The van der Waals surface area contributed by atoms with E-state index in [0.717, 1.165) is 16.9 Å². The number of aryl methyl sites for hydroxylation is 1. The normalized spacial score (nSPS) is 16.6. The molecular weight excluding hydrogens is 226 g/mol. The van der Waals surface area contributed by atoms with Crippen LogP contribution in [0.3, 0.4) is 0 Å². The summed E-state index contributed by atoms with van der Waals surface area (Å²) in [5, 5.41) is 4.15. The average molecular weight is 243 g/mol. The van der Waals surface area contributed by atoms with Crippen molar-refractivity contribution in [3.63, 3.8) is 0 Å². The van der Waals surface area contributed by atoms with E-state index in [4.69, 9.17) is 10.5 Å². The predicted octanol–water partition coefficient (Wildman–Crippen LogP) is 2.01. The van der Waals surface area contributed by atoms with Gasteiger partial charge in [-0.25, -0.2) is 0 Å². The van der Waals surface area contributed by atoms with Crippen LogP contribution in [0.4, 0.5) is 0 Å². The molecule has 4 heteroatoms. The van der Waals surface area contributed by atoms with Crippen molar-refractivity contribution >= 4 is 0 Å². The minimum absolute atomic E-state index is 0.151. The number of benzene rings is 1. The smallest absolute Gasteiger partial charge is 0.120 e. The molecule has 1 unspecified atom stereocenters. The summed E-state index contributed by atoms with van der Waals surface area (Å²) in [6.45, 7) is 0. The first kappa shape index (κ1) is 11.3. The molecular formula is C14H17N3O. The van der Waals surface area contributed by atoms with Crippen LogP contribution in [0.1, 0.15) is 30.0 Å². The van der Waals surface area contributed by atoms with Crippen molar-refractivity contribution < 1.29 is 4.74 Å². The van der Waals surface area contributed by atoms with E-state index in [-0.39, 0.29) is 6.04 Å². The largest absolute Gasteiger partial charge is 0.490 e. The van der Waals surface area contributed by atoms with Crippen LogP contribution in [0, 0.1) is 0 Å². The van der Waals surface area contributed by atoms with Crippen LogP contribution < -0.4 is 10.5 Å². The summed E-state index contributed by atoms with van der Waals surface area (Å²) in [5.74, 6) is 0.911. The standard InChI is InChI=1S/C14H17N3O/c1-17-9-11(8-16-17)14(15)10-3-2-4-13(7-10)18-12-5-6-12/h2-4,7-9,12,14H,5-6,15H2,1H3. The van der Waals surface area contributed by atoms with Crippen molar-refractivity contribution in [2.45, 2.75) is 25.0 Å². The highest BCUT2D eigenvalue weighted by molar-refractivity contribution is 5.35. The van der Waals surface area contributed by atoms with Crippen LogP contribution in [0.2, 0.25) is 0 Å². The molecule has 0 saturated heterocycles. The Bertz CT molecular complexity index is 545. The summed E-state index contributed by atoms with van der Waals surface area (Å²) >= 11 is 0. The van der Waals surface area contributed by atoms with Crippen molar-refractivity contribution in [3.05, 3.63) is 47.8 Å². The summed E-state index contributed by atoms with van der Waals surface area (Å²) in [5.41, 5.74) is 8.31. The fraction of sp³-hybridized carbons (Fsp3) is 0.357. The first-order chi connectivity index (χ1) is 8.72. The number of hydrogen-bond donors (Lipinski definition) is 1. The first-order valence-corrected chi connectivity index (χ1v) is 6.23. The Labute approximate surface area is 106 Å². The highest BCUT2D eigenvalue weighted by Crippen LogP contribution is 2.29. The molecule has 1 aliphatic rings. The van der Waals surface area contributed by atoms with Gasteiger partial charge >= 0.3 is 0 Å². The second kappa shape index (κ2) is 4.46. The molecule has 1 aliphatic carbocycles. The third-order valence-electron chi connectivity index (χ3n) is 3.13. The van der Waals surface area contributed by atoms with Gasteiger partial charge in [-0.3, -0.25) is 4.68 Å². The topological polar surface area (TPSA) is 53.1 Å². The molecule has 0 aliphatic heterocycles. The summed E-state index contributed by atoms with van der Waals surface area (Å²) in [7, 11) is 1.89. The van der Waals surface area contributed by atoms with Crippen molar-refractivity contribution in [3.8, 4) is 5.75 Å². The van der Waals surface area contributed by atoms with Gasteiger partial charge < -0.3 is 10.5 Å². The van der Waals surface area contributed by atoms with Gasteiger partial charge in [0, 0.05) is 18.8 Å². The molecule has 2 N–H and O–H groups in total. The number of nitrogens with two attached hydrogens (primary N) is 1. The van der Waals surface area contributed by atoms with Crippen LogP contribution in [-0.2, 0) is 7.05 Å². The third-order valence-corrected chi connectivity index (χ3v) is 3.13. The van der Waals surface area contributed by atoms with Crippen LogP contribution in [-0.4, -0.2) is 15.9 Å². The fourth-order valence-electron chi connectivity index (χ4n) is 1.95. The van der Waals surface area contributed by atoms with Gasteiger partial charge in [0.2, 0.25) is 0 Å². The molecule has 0 bridgehead atoms. The molecule has 2 aromatic rings. The lowest BCUT2D eigenvalue weighted by atomic mass is 10.0. The monoisotopic (exact) mass is 243 g/mol. The predicted molar refractivity (Wildman–Crippen MR) is 69.3 cm³/mol. The molecule has 3 rings (SSSR count). The van der Waals surface area contributed by atoms with E-state index in [2.05, 4.69) is 5.10 Å². The van der Waals surface area contributed by atoms with Gasteiger partial charge in [-0.05, 0) is 30.5 Å². The van der Waals surface area contributed by atoms with Gasteiger partial charge in [0.1, 0.15) is 5.75 Å². The summed E-state index contributed by atoms with van der Waals surface area (Å²) in [6, 6.07) is 7.87. The number of ether oxygens (including phenoxy) is 1. The Morgan fingerprint density at radius 1 is 1.39 bits per heavy atom. The molecule has 4 nitrogen and oxygen atoms in total. The van der Waals surface area contributed by atoms with Crippen molar-refractivity contribution in [1.82, 2.24) is 9.78 Å². The second-order valence-electron chi connectivity index (χ2n) is 4.81. The molecule has 1 fully saturated rings. The number of aromatic nitrogens is 2. The van der Waals surface area contributed by atoms with Crippen molar-refractivity contribution in [2.75, 3.05) is 0 Å². The van der Waals surface area contributed by atoms with E-state index in [1.165, 1.54) is 12.8 Å². The minimum atomic E-state index is -0.151.